The summed E-state index contributed by atoms with van der Waals surface area (Å²) in [6.45, 7) is 6.71. The van der Waals surface area contributed by atoms with E-state index in [0.717, 1.165) is 11.1 Å². The number of carbonyl (C=O) groups excluding carboxylic acids is 1. The van der Waals surface area contributed by atoms with Crippen molar-refractivity contribution in [2.45, 2.75) is 33.4 Å². The summed E-state index contributed by atoms with van der Waals surface area (Å²) in [4.78, 5) is 18.0. The van der Waals surface area contributed by atoms with Gasteiger partial charge in [-0.1, -0.05) is 35.9 Å². The normalized spacial score (nSPS) is 14.3. The second kappa shape index (κ2) is 11.3. The molecule has 9 heteroatoms. The summed E-state index contributed by atoms with van der Waals surface area (Å²) in [7, 11) is 1.60. The molecule has 0 unspecified atom stereocenters. The molecular weight excluding hydrogens is 494 g/mol. The number of methoxy groups -OCH3 is 1. The van der Waals surface area contributed by atoms with E-state index in [2.05, 4.69) is 39.8 Å². The number of allylic oxidation sites excluding steroid dienone is 1. The van der Waals surface area contributed by atoms with Crippen LogP contribution in [0, 0.1) is 6.92 Å². The van der Waals surface area contributed by atoms with Crippen molar-refractivity contribution in [3.05, 3.63) is 101 Å². The number of ether oxygens (including phenoxy) is 3. The van der Waals surface area contributed by atoms with Crippen molar-refractivity contribution in [3.8, 4) is 17.2 Å². The van der Waals surface area contributed by atoms with Crippen molar-refractivity contribution in [1.82, 2.24) is 14.8 Å². The summed E-state index contributed by atoms with van der Waals surface area (Å²) in [5.41, 5.74) is 4.92. The van der Waals surface area contributed by atoms with Crippen LogP contribution in [0.15, 0.2) is 84.3 Å². The van der Waals surface area contributed by atoms with Gasteiger partial charge in [-0.3, -0.25) is 4.79 Å². The van der Waals surface area contributed by atoms with Crippen molar-refractivity contribution < 1.29 is 19.0 Å². The molecule has 4 aromatic rings. The van der Waals surface area contributed by atoms with Gasteiger partial charge in [-0.05, 0) is 68.3 Å². The minimum atomic E-state index is -0.535. The highest BCUT2D eigenvalue weighted by Crippen LogP contribution is 2.39. The molecule has 39 heavy (non-hydrogen) atoms. The van der Waals surface area contributed by atoms with E-state index in [1.807, 2.05) is 44.2 Å². The number of carbonyl (C=O) groups is 1. The lowest BCUT2D eigenvalue weighted by molar-refractivity contribution is -0.113. The molecule has 2 heterocycles. The standard InChI is InChI=1S/C30H31N5O4/c1-5-38-26-16-22(10-15-25(26)39-17-21-8-6-19(2)7-9-21)28-27(20(3)33-30-31-18-32-35(28)30)29(36)34-23-11-13-24(37-4)14-12-23/h6-16,18,28H,5,17H2,1-4H3,(H,34,36)(H,31,32,33)/t28-/m1/s1. The van der Waals surface area contributed by atoms with Crippen molar-refractivity contribution in [1.29, 1.82) is 0 Å². The van der Waals surface area contributed by atoms with Gasteiger partial charge in [0.1, 0.15) is 24.7 Å². The Bertz CT molecular complexity index is 1490. The molecule has 0 radical (unpaired) electrons. The van der Waals surface area contributed by atoms with Gasteiger partial charge in [0.25, 0.3) is 5.91 Å². The lowest BCUT2D eigenvalue weighted by Crippen LogP contribution is -2.31. The highest BCUT2D eigenvalue weighted by atomic mass is 16.5. The van der Waals surface area contributed by atoms with Crippen LogP contribution in [0.25, 0.3) is 0 Å². The Morgan fingerprint density at radius 1 is 1.00 bits per heavy atom. The fourth-order valence-corrected chi connectivity index (χ4v) is 4.49. The number of anilines is 2. The van der Waals surface area contributed by atoms with Crippen LogP contribution in [0.2, 0.25) is 0 Å². The summed E-state index contributed by atoms with van der Waals surface area (Å²) in [5.74, 6) is 2.22. The number of amides is 1. The van der Waals surface area contributed by atoms with E-state index in [1.54, 1.807) is 36.1 Å². The first kappa shape index (κ1) is 25.8. The molecule has 0 bridgehead atoms. The number of nitrogens with one attached hydrogen (secondary N) is 2. The number of hydrogen-bond donors (Lipinski definition) is 2. The number of rotatable bonds is 9. The van der Waals surface area contributed by atoms with Crippen LogP contribution in [-0.4, -0.2) is 34.4 Å². The number of fused-ring (bicyclic) bond motifs is 1. The van der Waals surface area contributed by atoms with E-state index >= 15 is 0 Å². The lowest BCUT2D eigenvalue weighted by Gasteiger charge is -2.29. The van der Waals surface area contributed by atoms with Crippen molar-refractivity contribution >= 4 is 17.5 Å². The number of aromatic nitrogens is 3. The molecule has 1 aromatic heterocycles. The van der Waals surface area contributed by atoms with Gasteiger partial charge >= 0.3 is 0 Å². The highest BCUT2D eigenvalue weighted by Gasteiger charge is 2.34. The van der Waals surface area contributed by atoms with Crippen LogP contribution in [0.1, 0.15) is 36.6 Å². The zero-order chi connectivity index (χ0) is 27.4. The van der Waals surface area contributed by atoms with Gasteiger partial charge in [-0.15, -0.1) is 0 Å². The molecule has 9 nitrogen and oxygen atoms in total. The van der Waals surface area contributed by atoms with Crippen LogP contribution in [0.5, 0.6) is 17.2 Å². The quantitative estimate of drug-likeness (QED) is 0.298. The predicted octanol–water partition coefficient (Wildman–Crippen LogP) is 5.50. The predicted molar refractivity (Wildman–Crippen MR) is 149 cm³/mol. The second-order valence-electron chi connectivity index (χ2n) is 9.19. The molecule has 3 aromatic carbocycles. The monoisotopic (exact) mass is 525 g/mol. The summed E-state index contributed by atoms with van der Waals surface area (Å²) in [6.07, 6.45) is 1.47. The average molecular weight is 526 g/mol. The molecule has 1 amide bonds. The Balaban J connectivity index is 1.46. The third-order valence-electron chi connectivity index (χ3n) is 6.49. The molecule has 5 rings (SSSR count). The van der Waals surface area contributed by atoms with Crippen LogP contribution in [-0.2, 0) is 11.4 Å². The Hall–Kier alpha value is -4.79. The molecular formula is C30H31N5O4. The third-order valence-corrected chi connectivity index (χ3v) is 6.49. The maximum Gasteiger partial charge on any atom is 0.255 e. The van der Waals surface area contributed by atoms with E-state index < -0.39 is 6.04 Å². The first-order chi connectivity index (χ1) is 19.0. The largest absolute Gasteiger partial charge is 0.497 e. The maximum absolute atomic E-state index is 13.7. The molecule has 0 aliphatic carbocycles. The average Bonchev–Trinajstić information content (AvgIpc) is 3.41. The minimum absolute atomic E-state index is 0.256. The Kier molecular flexibility index (Phi) is 7.49. The zero-order valence-corrected chi connectivity index (χ0v) is 22.4. The van der Waals surface area contributed by atoms with Gasteiger partial charge in [-0.25, -0.2) is 4.68 Å². The van der Waals surface area contributed by atoms with Crippen LogP contribution < -0.4 is 24.8 Å². The third kappa shape index (κ3) is 5.57. The van der Waals surface area contributed by atoms with Gasteiger partial charge in [0.15, 0.2) is 11.5 Å². The zero-order valence-electron chi connectivity index (χ0n) is 22.4. The van der Waals surface area contributed by atoms with E-state index in [1.165, 1.54) is 11.9 Å². The Labute approximate surface area is 227 Å². The fourth-order valence-electron chi connectivity index (χ4n) is 4.49. The summed E-state index contributed by atoms with van der Waals surface area (Å²) in [5, 5.41) is 10.6. The smallest absolute Gasteiger partial charge is 0.255 e. The molecule has 200 valence electrons. The molecule has 2 N–H and O–H groups in total. The summed E-state index contributed by atoms with van der Waals surface area (Å²) in [6, 6.07) is 20.6. The van der Waals surface area contributed by atoms with Crippen molar-refractivity contribution in [2.24, 2.45) is 0 Å². The van der Waals surface area contributed by atoms with Crippen LogP contribution in [0.4, 0.5) is 11.6 Å². The molecule has 1 atom stereocenters. The maximum atomic E-state index is 13.7. The van der Waals surface area contributed by atoms with Gasteiger partial charge in [0, 0.05) is 11.4 Å². The van der Waals surface area contributed by atoms with E-state index in [0.29, 0.717) is 53.4 Å². The summed E-state index contributed by atoms with van der Waals surface area (Å²) >= 11 is 0. The summed E-state index contributed by atoms with van der Waals surface area (Å²) < 4.78 is 19.0. The van der Waals surface area contributed by atoms with Crippen LogP contribution >= 0.6 is 0 Å². The highest BCUT2D eigenvalue weighted by molar-refractivity contribution is 6.06. The first-order valence-electron chi connectivity index (χ1n) is 12.7. The van der Waals surface area contributed by atoms with Gasteiger partial charge in [-0.2, -0.15) is 10.1 Å². The number of benzene rings is 3. The van der Waals surface area contributed by atoms with E-state index in [-0.39, 0.29) is 5.91 Å². The molecule has 1 aliphatic heterocycles. The van der Waals surface area contributed by atoms with Gasteiger partial charge < -0.3 is 24.8 Å². The molecule has 0 saturated carbocycles. The molecule has 1 aliphatic rings. The van der Waals surface area contributed by atoms with E-state index in [9.17, 15) is 4.79 Å². The lowest BCUT2D eigenvalue weighted by atomic mass is 9.94. The number of aryl methyl sites for hydroxylation is 1. The van der Waals surface area contributed by atoms with Gasteiger partial charge in [0.2, 0.25) is 5.95 Å². The molecule has 0 spiro atoms. The van der Waals surface area contributed by atoms with Crippen molar-refractivity contribution in [3.63, 3.8) is 0 Å². The van der Waals surface area contributed by atoms with Gasteiger partial charge in [0.05, 0.1) is 19.3 Å². The Morgan fingerprint density at radius 2 is 1.77 bits per heavy atom. The SMILES string of the molecule is CCOc1cc([C@@H]2C(C(=O)Nc3ccc(OC)cc3)=C(C)Nc3ncnn32)ccc1OCc1ccc(C)cc1. The fraction of sp³-hybridized carbons (Fsp3) is 0.233. The Morgan fingerprint density at radius 3 is 2.49 bits per heavy atom. The second-order valence-corrected chi connectivity index (χ2v) is 9.19. The molecule has 0 saturated heterocycles. The first-order valence-corrected chi connectivity index (χ1v) is 12.7. The minimum Gasteiger partial charge on any atom is -0.497 e. The van der Waals surface area contributed by atoms with Crippen LogP contribution in [0.3, 0.4) is 0 Å². The van der Waals surface area contributed by atoms with Crippen molar-refractivity contribution in [2.75, 3.05) is 24.4 Å². The number of nitrogens with zero attached hydrogens (tertiary/aromatic N) is 3. The molecule has 0 fully saturated rings. The van der Waals surface area contributed by atoms with E-state index in [4.69, 9.17) is 14.2 Å². The number of hydrogen-bond acceptors (Lipinski definition) is 7. The topological polar surface area (TPSA) is 99.5 Å².